The first-order valence-electron chi connectivity index (χ1n) is 4.75. The molecule has 1 N–H and O–H groups in total. The lowest BCUT2D eigenvalue weighted by Crippen LogP contribution is -2.19. The Morgan fingerprint density at radius 1 is 1.33 bits per heavy atom. The summed E-state index contributed by atoms with van der Waals surface area (Å²) in [7, 11) is 0. The van der Waals surface area contributed by atoms with Gasteiger partial charge in [-0.2, -0.15) is 0 Å². The molecule has 0 aliphatic carbocycles. The van der Waals surface area contributed by atoms with Crippen LogP contribution in [0.2, 0.25) is 0 Å². The molecule has 1 aliphatic rings. The number of rotatable bonds is 1. The topological polar surface area (TPSA) is 12.0 Å². The summed E-state index contributed by atoms with van der Waals surface area (Å²) < 4.78 is 25.9. The predicted octanol–water partition coefficient (Wildman–Crippen LogP) is 3.09. The Morgan fingerprint density at radius 3 is 2.53 bits per heavy atom. The minimum absolute atomic E-state index is 0. The zero-order valence-electron chi connectivity index (χ0n) is 8.47. The molecule has 1 saturated heterocycles. The molecule has 1 aromatic rings. The van der Waals surface area contributed by atoms with Crippen molar-refractivity contribution in [2.24, 2.45) is 0 Å². The fraction of sp³-hybridized carbons (Fsp3) is 0.455. The molecule has 0 bridgehead atoms. The fourth-order valence-corrected chi connectivity index (χ4v) is 1.91. The summed E-state index contributed by atoms with van der Waals surface area (Å²) in [4.78, 5) is 0. The van der Waals surface area contributed by atoms with Gasteiger partial charge in [0.25, 0.3) is 5.92 Å². The molecule has 1 heterocycles. The van der Waals surface area contributed by atoms with Crippen molar-refractivity contribution in [1.29, 1.82) is 0 Å². The van der Waals surface area contributed by atoms with Crippen LogP contribution >= 0.6 is 12.4 Å². The molecule has 0 amide bonds. The number of halogens is 3. The molecule has 15 heavy (non-hydrogen) atoms. The van der Waals surface area contributed by atoms with Crippen molar-refractivity contribution in [3.05, 3.63) is 35.4 Å². The molecule has 1 atom stereocenters. The van der Waals surface area contributed by atoms with Crippen LogP contribution in [-0.2, 0) is 0 Å². The maximum Gasteiger partial charge on any atom is 0.262 e. The molecule has 84 valence electrons. The Hall–Kier alpha value is -0.670. The van der Waals surface area contributed by atoms with E-state index in [4.69, 9.17) is 0 Å². The smallest absolute Gasteiger partial charge is 0.262 e. The van der Waals surface area contributed by atoms with E-state index in [9.17, 15) is 8.78 Å². The van der Waals surface area contributed by atoms with E-state index in [1.807, 2.05) is 31.2 Å². The number of hydrogen-bond donors (Lipinski definition) is 1. The van der Waals surface area contributed by atoms with Crippen molar-refractivity contribution in [3.63, 3.8) is 0 Å². The van der Waals surface area contributed by atoms with Crippen LogP contribution in [0.4, 0.5) is 8.78 Å². The van der Waals surface area contributed by atoms with Crippen LogP contribution in [0.5, 0.6) is 0 Å². The molecule has 0 spiro atoms. The molecule has 2 rings (SSSR count). The zero-order valence-corrected chi connectivity index (χ0v) is 9.28. The Bertz CT molecular complexity index is 341. The third-order valence-corrected chi connectivity index (χ3v) is 2.67. The summed E-state index contributed by atoms with van der Waals surface area (Å²) in [5.74, 6) is -2.55. The summed E-state index contributed by atoms with van der Waals surface area (Å²) in [5.41, 5.74) is 2.06. The lowest BCUT2D eigenvalue weighted by atomic mass is 9.99. The maximum absolute atomic E-state index is 12.9. The summed E-state index contributed by atoms with van der Waals surface area (Å²) in [6, 6.07) is 7.49. The average molecular weight is 234 g/mol. The molecule has 1 nitrogen and oxygen atoms in total. The van der Waals surface area contributed by atoms with E-state index < -0.39 is 5.92 Å². The number of nitrogens with one attached hydrogen (secondary N) is 1. The summed E-state index contributed by atoms with van der Waals surface area (Å²) in [6.45, 7) is 1.75. The second kappa shape index (κ2) is 4.45. The molecule has 1 unspecified atom stereocenters. The van der Waals surface area contributed by atoms with Crippen molar-refractivity contribution in [2.45, 2.75) is 25.3 Å². The SMILES string of the molecule is Cc1ccccc1C1CC(F)(F)CN1.Cl. The Balaban J connectivity index is 0.00000112. The molecular formula is C11H14ClF2N. The summed E-state index contributed by atoms with van der Waals surface area (Å²) in [5, 5.41) is 2.85. The minimum atomic E-state index is -2.55. The molecule has 1 fully saturated rings. The van der Waals surface area contributed by atoms with Crippen molar-refractivity contribution in [2.75, 3.05) is 6.54 Å². The van der Waals surface area contributed by atoms with Crippen LogP contribution in [0.15, 0.2) is 24.3 Å². The van der Waals surface area contributed by atoms with Gasteiger partial charge in [0.15, 0.2) is 0 Å². The Kier molecular flexibility index (Phi) is 3.68. The number of aryl methyl sites for hydroxylation is 1. The van der Waals surface area contributed by atoms with E-state index in [0.29, 0.717) is 0 Å². The van der Waals surface area contributed by atoms with Crippen LogP contribution in [0.3, 0.4) is 0 Å². The zero-order chi connectivity index (χ0) is 10.2. The van der Waals surface area contributed by atoms with Gasteiger partial charge in [0.2, 0.25) is 0 Å². The molecule has 0 saturated carbocycles. The number of benzene rings is 1. The van der Waals surface area contributed by atoms with Crippen LogP contribution in [-0.4, -0.2) is 12.5 Å². The van der Waals surface area contributed by atoms with E-state index in [-0.39, 0.29) is 31.4 Å². The second-order valence-electron chi connectivity index (χ2n) is 3.85. The standard InChI is InChI=1S/C11H13F2N.ClH/c1-8-4-2-3-5-9(8)10-6-11(12,13)7-14-10;/h2-5,10,14H,6-7H2,1H3;1H. The first-order chi connectivity index (χ1) is 6.58. The van der Waals surface area contributed by atoms with Crippen LogP contribution in [0, 0.1) is 6.92 Å². The normalized spacial score (nSPS) is 23.5. The maximum atomic E-state index is 12.9. The third kappa shape index (κ3) is 2.67. The van der Waals surface area contributed by atoms with E-state index >= 15 is 0 Å². The van der Waals surface area contributed by atoms with Crippen molar-refractivity contribution in [3.8, 4) is 0 Å². The van der Waals surface area contributed by atoms with E-state index in [1.165, 1.54) is 0 Å². The van der Waals surface area contributed by atoms with Crippen molar-refractivity contribution in [1.82, 2.24) is 5.32 Å². The monoisotopic (exact) mass is 233 g/mol. The Labute approximate surface area is 94.3 Å². The van der Waals surface area contributed by atoms with Gasteiger partial charge in [0.05, 0.1) is 6.54 Å². The van der Waals surface area contributed by atoms with Gasteiger partial charge in [-0.3, -0.25) is 0 Å². The first kappa shape index (κ1) is 12.4. The second-order valence-corrected chi connectivity index (χ2v) is 3.85. The van der Waals surface area contributed by atoms with Crippen LogP contribution < -0.4 is 5.32 Å². The molecule has 0 radical (unpaired) electrons. The highest BCUT2D eigenvalue weighted by atomic mass is 35.5. The Morgan fingerprint density at radius 2 is 2.00 bits per heavy atom. The summed E-state index contributed by atoms with van der Waals surface area (Å²) in [6.07, 6.45) is -0.0855. The third-order valence-electron chi connectivity index (χ3n) is 2.67. The quantitative estimate of drug-likeness (QED) is 0.786. The van der Waals surface area contributed by atoms with Crippen molar-refractivity contribution < 1.29 is 8.78 Å². The van der Waals surface area contributed by atoms with Gasteiger partial charge in [-0.15, -0.1) is 12.4 Å². The van der Waals surface area contributed by atoms with Crippen LogP contribution in [0.25, 0.3) is 0 Å². The lowest BCUT2D eigenvalue weighted by Gasteiger charge is -2.13. The highest BCUT2D eigenvalue weighted by Crippen LogP contribution is 2.34. The fourth-order valence-electron chi connectivity index (χ4n) is 1.91. The van der Waals surface area contributed by atoms with E-state index in [1.54, 1.807) is 0 Å². The highest BCUT2D eigenvalue weighted by molar-refractivity contribution is 5.85. The van der Waals surface area contributed by atoms with Gasteiger partial charge in [0, 0.05) is 12.5 Å². The van der Waals surface area contributed by atoms with Gasteiger partial charge in [0.1, 0.15) is 0 Å². The molecule has 4 heteroatoms. The summed E-state index contributed by atoms with van der Waals surface area (Å²) >= 11 is 0. The van der Waals surface area contributed by atoms with Gasteiger partial charge in [-0.1, -0.05) is 24.3 Å². The van der Waals surface area contributed by atoms with Gasteiger partial charge in [-0.05, 0) is 18.1 Å². The number of alkyl halides is 2. The van der Waals surface area contributed by atoms with E-state index in [2.05, 4.69) is 5.32 Å². The molecule has 0 aromatic heterocycles. The van der Waals surface area contributed by atoms with E-state index in [0.717, 1.165) is 11.1 Å². The van der Waals surface area contributed by atoms with Crippen molar-refractivity contribution >= 4 is 12.4 Å². The van der Waals surface area contributed by atoms with Gasteiger partial charge in [-0.25, -0.2) is 8.78 Å². The number of hydrogen-bond acceptors (Lipinski definition) is 1. The van der Waals surface area contributed by atoms with Gasteiger partial charge >= 0.3 is 0 Å². The lowest BCUT2D eigenvalue weighted by molar-refractivity contribution is 0.0210. The first-order valence-corrected chi connectivity index (χ1v) is 4.75. The average Bonchev–Trinajstić information content (AvgIpc) is 2.47. The minimum Gasteiger partial charge on any atom is -0.304 e. The highest BCUT2D eigenvalue weighted by Gasteiger charge is 2.39. The molecule has 1 aromatic carbocycles. The predicted molar refractivity (Wildman–Crippen MR) is 58.7 cm³/mol. The van der Waals surface area contributed by atoms with Crippen LogP contribution in [0.1, 0.15) is 23.6 Å². The van der Waals surface area contributed by atoms with Gasteiger partial charge < -0.3 is 5.32 Å². The molecule has 1 aliphatic heterocycles. The molecular weight excluding hydrogens is 220 g/mol. The largest absolute Gasteiger partial charge is 0.304 e.